The summed E-state index contributed by atoms with van der Waals surface area (Å²) < 4.78 is 1.56. The molecule has 0 aliphatic carbocycles. The number of aliphatic hydroxyl groups is 1. The summed E-state index contributed by atoms with van der Waals surface area (Å²) in [6, 6.07) is 10.8. The van der Waals surface area contributed by atoms with Crippen molar-refractivity contribution in [3.05, 3.63) is 53.3 Å². The molecule has 0 unspecified atom stereocenters. The van der Waals surface area contributed by atoms with Gasteiger partial charge in [0.05, 0.1) is 11.1 Å². The molecule has 0 aliphatic heterocycles. The van der Waals surface area contributed by atoms with Gasteiger partial charge < -0.3 is 15.7 Å². The van der Waals surface area contributed by atoms with Gasteiger partial charge in [0.2, 0.25) is 6.41 Å². The number of carbonyl (C=O) groups is 2. The Morgan fingerprint density at radius 3 is 2.90 bits per heavy atom. The molecule has 0 saturated heterocycles. The van der Waals surface area contributed by atoms with Gasteiger partial charge in [-0.05, 0) is 37.3 Å². The van der Waals surface area contributed by atoms with Crippen LogP contribution in [0.2, 0.25) is 0 Å². The highest BCUT2D eigenvalue weighted by molar-refractivity contribution is 6.03. The normalized spacial score (nSPS) is 11.6. The van der Waals surface area contributed by atoms with Gasteiger partial charge in [0, 0.05) is 31.3 Å². The minimum absolute atomic E-state index is 0.152. The van der Waals surface area contributed by atoms with E-state index in [1.807, 2.05) is 13.0 Å². The molecule has 3 N–H and O–H groups in total. The van der Waals surface area contributed by atoms with E-state index in [1.165, 1.54) is 4.90 Å². The van der Waals surface area contributed by atoms with E-state index in [-0.39, 0.29) is 5.69 Å². The molecule has 3 aromatic rings. The lowest BCUT2D eigenvalue weighted by atomic mass is 10.1. The summed E-state index contributed by atoms with van der Waals surface area (Å²) in [5, 5.41) is 14.9. The summed E-state index contributed by atoms with van der Waals surface area (Å²) in [5.41, 5.74) is 8.27. The van der Waals surface area contributed by atoms with Gasteiger partial charge in [-0.15, -0.1) is 0 Å². The lowest BCUT2D eigenvalue weighted by Crippen LogP contribution is -2.21. The van der Waals surface area contributed by atoms with Crippen LogP contribution in [0.5, 0.6) is 0 Å². The number of carbonyl (C=O) groups excluding carboxylic acids is 2. The number of nitrogens with zero attached hydrogens (tertiary/aromatic N) is 4. The van der Waals surface area contributed by atoms with E-state index < -0.39 is 12.0 Å². The molecule has 0 saturated carbocycles. The van der Waals surface area contributed by atoms with Crippen molar-refractivity contribution in [2.24, 2.45) is 5.73 Å². The Morgan fingerprint density at radius 1 is 1.38 bits per heavy atom. The molecule has 0 fully saturated rings. The first-order chi connectivity index (χ1) is 13.9. The van der Waals surface area contributed by atoms with Crippen molar-refractivity contribution >= 4 is 23.4 Å². The van der Waals surface area contributed by atoms with E-state index in [0.717, 1.165) is 5.69 Å². The molecule has 0 bridgehead atoms. The van der Waals surface area contributed by atoms with Crippen LogP contribution in [-0.2, 0) is 4.79 Å². The Hall–Kier alpha value is -3.70. The molecule has 0 spiro atoms. The molecular formula is C21H21N5O3. The van der Waals surface area contributed by atoms with Gasteiger partial charge in [-0.25, -0.2) is 9.67 Å². The number of pyridine rings is 1. The van der Waals surface area contributed by atoms with Crippen molar-refractivity contribution in [3.63, 3.8) is 0 Å². The second-order valence-electron chi connectivity index (χ2n) is 6.66. The standard InChI is InChI=1S/C21H21N5O3/c1-14-6-9-18-19(20(22)29)24-26(21(18)23-14)16-5-3-4-15(12-16)7-8-17(28)10-11-25(2)13-27/h3-6,9,12-13,17,28H,10-11H2,1-2H3,(H2,22,29)/t17-/m0/s1. The maximum atomic E-state index is 11.8. The second kappa shape index (κ2) is 8.54. The van der Waals surface area contributed by atoms with Crippen LogP contribution in [0.25, 0.3) is 16.7 Å². The van der Waals surface area contributed by atoms with E-state index in [9.17, 15) is 14.7 Å². The SMILES string of the molecule is Cc1ccc2c(C(N)=O)nn(-c3cccc(C#C[C@H](O)CCN(C)C=O)c3)c2n1. The van der Waals surface area contributed by atoms with Crippen molar-refractivity contribution in [3.8, 4) is 17.5 Å². The van der Waals surface area contributed by atoms with Crippen LogP contribution in [-0.4, -0.2) is 56.8 Å². The molecule has 2 aromatic heterocycles. The van der Waals surface area contributed by atoms with E-state index in [0.29, 0.717) is 41.7 Å². The minimum atomic E-state index is -0.850. The lowest BCUT2D eigenvalue weighted by Gasteiger charge is -2.10. The molecule has 1 aromatic carbocycles. The van der Waals surface area contributed by atoms with Crippen LogP contribution < -0.4 is 5.73 Å². The predicted molar refractivity (Wildman–Crippen MR) is 108 cm³/mol. The first kappa shape index (κ1) is 20.0. The summed E-state index contributed by atoms with van der Waals surface area (Å²) in [6.45, 7) is 2.27. The topological polar surface area (TPSA) is 114 Å². The Morgan fingerprint density at radius 2 is 2.17 bits per heavy atom. The number of fused-ring (bicyclic) bond motifs is 1. The molecule has 1 atom stereocenters. The van der Waals surface area contributed by atoms with Crippen LogP contribution in [0.15, 0.2) is 36.4 Å². The van der Waals surface area contributed by atoms with Crippen LogP contribution in [0.4, 0.5) is 0 Å². The fourth-order valence-corrected chi connectivity index (χ4v) is 2.79. The van der Waals surface area contributed by atoms with Gasteiger partial charge in [-0.3, -0.25) is 9.59 Å². The Kier molecular flexibility index (Phi) is 5.90. The first-order valence-electron chi connectivity index (χ1n) is 9.01. The zero-order chi connectivity index (χ0) is 21.0. The van der Waals surface area contributed by atoms with Crippen molar-refractivity contribution < 1.29 is 14.7 Å². The van der Waals surface area contributed by atoms with Crippen LogP contribution in [0.3, 0.4) is 0 Å². The van der Waals surface area contributed by atoms with Crippen molar-refractivity contribution in [1.82, 2.24) is 19.7 Å². The Labute approximate surface area is 167 Å². The maximum Gasteiger partial charge on any atom is 0.269 e. The van der Waals surface area contributed by atoms with Crippen LogP contribution in [0, 0.1) is 18.8 Å². The van der Waals surface area contributed by atoms with Crippen LogP contribution in [0.1, 0.15) is 28.2 Å². The van der Waals surface area contributed by atoms with Gasteiger partial charge in [0.1, 0.15) is 6.10 Å². The molecule has 3 rings (SSSR count). The maximum absolute atomic E-state index is 11.8. The van der Waals surface area contributed by atoms with Gasteiger partial charge in [0.25, 0.3) is 5.91 Å². The molecule has 0 radical (unpaired) electrons. The molecule has 29 heavy (non-hydrogen) atoms. The summed E-state index contributed by atoms with van der Waals surface area (Å²) >= 11 is 0. The average molecular weight is 391 g/mol. The van der Waals surface area contributed by atoms with Crippen molar-refractivity contribution in [2.75, 3.05) is 13.6 Å². The molecule has 8 heteroatoms. The average Bonchev–Trinajstić information content (AvgIpc) is 3.09. The third-order valence-electron chi connectivity index (χ3n) is 4.31. The number of primary amides is 1. The summed E-state index contributed by atoms with van der Waals surface area (Å²) in [7, 11) is 1.64. The predicted octanol–water partition coefficient (Wildman–Crippen LogP) is 1.02. The number of aryl methyl sites for hydroxylation is 1. The van der Waals surface area contributed by atoms with Crippen molar-refractivity contribution in [2.45, 2.75) is 19.4 Å². The number of nitrogens with two attached hydrogens (primary N) is 1. The smallest absolute Gasteiger partial charge is 0.269 e. The Bertz CT molecular complexity index is 1130. The number of hydrogen-bond donors (Lipinski definition) is 2. The number of benzene rings is 1. The van der Waals surface area contributed by atoms with E-state index in [2.05, 4.69) is 21.9 Å². The summed E-state index contributed by atoms with van der Waals surface area (Å²) in [5.74, 6) is 5.07. The number of amides is 2. The highest BCUT2D eigenvalue weighted by Gasteiger charge is 2.17. The minimum Gasteiger partial charge on any atom is -0.380 e. The third-order valence-corrected chi connectivity index (χ3v) is 4.31. The number of aliphatic hydroxyl groups excluding tert-OH is 1. The molecular weight excluding hydrogens is 370 g/mol. The highest BCUT2D eigenvalue weighted by atomic mass is 16.3. The van der Waals surface area contributed by atoms with Gasteiger partial charge in [0.15, 0.2) is 11.3 Å². The molecule has 8 nitrogen and oxygen atoms in total. The summed E-state index contributed by atoms with van der Waals surface area (Å²) in [4.78, 5) is 28.3. The molecule has 0 aliphatic rings. The van der Waals surface area contributed by atoms with Crippen LogP contribution >= 0.6 is 0 Å². The third kappa shape index (κ3) is 4.59. The van der Waals surface area contributed by atoms with E-state index in [4.69, 9.17) is 5.73 Å². The highest BCUT2D eigenvalue weighted by Crippen LogP contribution is 2.21. The number of hydrogen-bond acceptors (Lipinski definition) is 5. The lowest BCUT2D eigenvalue weighted by molar-refractivity contribution is -0.117. The zero-order valence-corrected chi connectivity index (χ0v) is 16.2. The molecule has 2 heterocycles. The first-order valence-corrected chi connectivity index (χ1v) is 9.01. The number of aromatic nitrogens is 3. The fraction of sp³-hybridized carbons (Fsp3) is 0.238. The quantitative estimate of drug-likeness (QED) is 0.481. The molecule has 2 amide bonds. The Balaban J connectivity index is 1.93. The van der Waals surface area contributed by atoms with Gasteiger partial charge in [-0.1, -0.05) is 17.9 Å². The zero-order valence-electron chi connectivity index (χ0n) is 16.2. The molecule has 148 valence electrons. The van der Waals surface area contributed by atoms with Gasteiger partial charge >= 0.3 is 0 Å². The fourth-order valence-electron chi connectivity index (χ4n) is 2.79. The van der Waals surface area contributed by atoms with E-state index in [1.54, 1.807) is 42.1 Å². The second-order valence-corrected chi connectivity index (χ2v) is 6.66. The van der Waals surface area contributed by atoms with Gasteiger partial charge in [-0.2, -0.15) is 5.10 Å². The largest absolute Gasteiger partial charge is 0.380 e. The van der Waals surface area contributed by atoms with Crippen molar-refractivity contribution in [1.29, 1.82) is 0 Å². The van der Waals surface area contributed by atoms with E-state index >= 15 is 0 Å². The monoisotopic (exact) mass is 391 g/mol. The number of rotatable bonds is 6. The summed E-state index contributed by atoms with van der Waals surface area (Å²) in [6.07, 6.45) is 0.211.